The zero-order valence-corrected chi connectivity index (χ0v) is 14.6. The first kappa shape index (κ1) is 19.7. The molecule has 0 atom stereocenters. The van der Waals surface area contributed by atoms with Crippen LogP contribution < -0.4 is 4.57 Å². The Balaban J connectivity index is 2.14. The summed E-state index contributed by atoms with van der Waals surface area (Å²) in [5, 5.41) is 0. The van der Waals surface area contributed by atoms with Gasteiger partial charge in [0.1, 0.15) is 44.5 Å². The van der Waals surface area contributed by atoms with E-state index in [1.54, 1.807) is 6.92 Å². The lowest BCUT2D eigenvalue weighted by Crippen LogP contribution is -2.34. The average Bonchev–Trinajstić information content (AvgIpc) is 2.97. The molecule has 0 aliphatic rings. The average molecular weight is 335 g/mol. The predicted molar refractivity (Wildman–Crippen MR) is 91.1 cm³/mol. The van der Waals surface area contributed by atoms with Crippen molar-refractivity contribution in [3.8, 4) is 0 Å². The Morgan fingerprint density at radius 2 is 1.79 bits per heavy atom. The topological polar surface area (TPSA) is 53.6 Å². The summed E-state index contributed by atoms with van der Waals surface area (Å²) in [7, 11) is 0. The molecule has 0 saturated carbocycles. The van der Waals surface area contributed by atoms with E-state index in [4.69, 9.17) is 14.2 Å². The Morgan fingerprint density at radius 1 is 1.04 bits per heavy atom. The number of hydrogen-bond acceptors (Lipinski definition) is 4. The van der Waals surface area contributed by atoms with Crippen molar-refractivity contribution in [3.05, 3.63) is 55.4 Å². The van der Waals surface area contributed by atoms with E-state index < -0.39 is 0 Å². The highest BCUT2D eigenvalue weighted by atomic mass is 16.6. The number of hydrogen-bond donors (Lipinski definition) is 0. The van der Waals surface area contributed by atoms with E-state index in [0.717, 1.165) is 18.7 Å². The van der Waals surface area contributed by atoms with Gasteiger partial charge in [0.15, 0.2) is 0 Å². The molecule has 6 nitrogen and oxygen atoms in total. The fourth-order valence-electron chi connectivity index (χ4n) is 1.69. The largest absolute Gasteiger partial charge is 0.490 e. The van der Waals surface area contributed by atoms with Gasteiger partial charge in [-0.05, 0) is 19.4 Å². The van der Waals surface area contributed by atoms with Gasteiger partial charge in [-0.2, -0.15) is 0 Å². The first-order valence-electron chi connectivity index (χ1n) is 7.83. The molecule has 0 unspecified atom stereocenters. The second-order valence-electron chi connectivity index (χ2n) is 5.47. The maximum atomic E-state index is 11.2. The fraction of sp³-hybridized carbons (Fsp3) is 0.444. The number of allylic oxidation sites excluding steroid dienone is 1. The normalized spacial score (nSPS) is 10.2. The van der Waals surface area contributed by atoms with Crippen molar-refractivity contribution in [2.45, 2.75) is 26.9 Å². The van der Waals surface area contributed by atoms with Crippen LogP contribution in [-0.2, 0) is 32.1 Å². The second-order valence-corrected chi connectivity index (χ2v) is 5.47. The highest BCUT2D eigenvalue weighted by Gasteiger charge is 2.05. The lowest BCUT2D eigenvalue weighted by Gasteiger charge is -2.06. The molecule has 1 rings (SSSR count). The molecule has 1 heterocycles. The molecular weight excluding hydrogens is 308 g/mol. The van der Waals surface area contributed by atoms with E-state index in [-0.39, 0.29) is 12.6 Å². The molecular formula is C18H27N2O4+. The molecule has 24 heavy (non-hydrogen) atoms. The monoisotopic (exact) mass is 335 g/mol. The summed E-state index contributed by atoms with van der Waals surface area (Å²) in [6.07, 6.45) is 5.93. The number of ether oxygens (including phenoxy) is 3. The summed E-state index contributed by atoms with van der Waals surface area (Å²) in [6, 6.07) is 0. The highest BCUT2D eigenvalue weighted by molar-refractivity contribution is 5.86. The van der Waals surface area contributed by atoms with E-state index in [1.165, 1.54) is 0 Å². The zero-order chi connectivity index (χ0) is 17.9. The van der Waals surface area contributed by atoms with Crippen molar-refractivity contribution in [2.75, 3.05) is 26.4 Å². The SMILES string of the molecule is C=C(C)C(=C)OCCn1cc[n+](CCOCCOC(=O)C(=C)C)c1. The fourth-order valence-corrected chi connectivity index (χ4v) is 1.69. The van der Waals surface area contributed by atoms with Crippen LogP contribution in [-0.4, -0.2) is 37.0 Å². The molecule has 6 heteroatoms. The quantitative estimate of drug-likeness (QED) is 0.146. The maximum absolute atomic E-state index is 11.2. The number of imidazole rings is 1. The van der Waals surface area contributed by atoms with Crippen LogP contribution in [0.15, 0.2) is 55.4 Å². The maximum Gasteiger partial charge on any atom is 0.333 e. The van der Waals surface area contributed by atoms with Gasteiger partial charge in [0.25, 0.3) is 0 Å². The summed E-state index contributed by atoms with van der Waals surface area (Å²) < 4.78 is 19.9. The van der Waals surface area contributed by atoms with E-state index in [2.05, 4.69) is 19.7 Å². The molecule has 0 fully saturated rings. The van der Waals surface area contributed by atoms with Gasteiger partial charge in [-0.15, -0.1) is 0 Å². The molecule has 0 aliphatic heterocycles. The van der Waals surface area contributed by atoms with Crippen molar-refractivity contribution >= 4 is 5.97 Å². The molecule has 0 aliphatic carbocycles. The molecule has 1 aromatic rings. The third kappa shape index (κ3) is 7.78. The van der Waals surface area contributed by atoms with Gasteiger partial charge in [-0.25, -0.2) is 13.9 Å². The van der Waals surface area contributed by atoms with Crippen LogP contribution >= 0.6 is 0 Å². The van der Waals surface area contributed by atoms with E-state index in [1.807, 2.05) is 34.8 Å². The Kier molecular flexibility index (Phi) is 8.57. The number of nitrogens with zero attached hydrogens (tertiary/aromatic N) is 2. The van der Waals surface area contributed by atoms with Gasteiger partial charge in [-0.3, -0.25) is 0 Å². The van der Waals surface area contributed by atoms with Crippen molar-refractivity contribution in [1.29, 1.82) is 0 Å². The van der Waals surface area contributed by atoms with Crippen LogP contribution in [0, 0.1) is 0 Å². The number of carbonyl (C=O) groups is 1. The summed E-state index contributed by atoms with van der Waals surface area (Å²) in [5.41, 5.74) is 1.23. The number of aromatic nitrogens is 2. The van der Waals surface area contributed by atoms with Crippen molar-refractivity contribution in [2.24, 2.45) is 0 Å². The molecule has 132 valence electrons. The van der Waals surface area contributed by atoms with E-state index in [0.29, 0.717) is 31.2 Å². The molecule has 1 aromatic heterocycles. The minimum atomic E-state index is -0.387. The molecule has 0 amide bonds. The van der Waals surface area contributed by atoms with Crippen LogP contribution in [0.1, 0.15) is 13.8 Å². The summed E-state index contributed by atoms with van der Waals surface area (Å²) in [4.78, 5) is 11.2. The Hall–Kier alpha value is -2.34. The molecule has 0 radical (unpaired) electrons. The second kappa shape index (κ2) is 10.4. The van der Waals surface area contributed by atoms with Crippen molar-refractivity contribution in [3.63, 3.8) is 0 Å². The van der Waals surface area contributed by atoms with Gasteiger partial charge < -0.3 is 14.2 Å². The summed E-state index contributed by atoms with van der Waals surface area (Å²) in [5.74, 6) is 0.234. The smallest absolute Gasteiger partial charge is 0.333 e. The lowest BCUT2D eigenvalue weighted by atomic mass is 10.3. The standard InChI is InChI=1S/C18H27N2O4/c1-15(2)17(5)23-11-9-20-7-6-19(14-20)8-10-22-12-13-24-18(21)16(3)4/h6-7,14H,1,3,5,8-13H2,2,4H3/q+1. The third-order valence-electron chi connectivity index (χ3n) is 3.15. The lowest BCUT2D eigenvalue weighted by molar-refractivity contribution is -0.698. The number of rotatable bonds is 12. The van der Waals surface area contributed by atoms with E-state index in [9.17, 15) is 4.79 Å². The van der Waals surface area contributed by atoms with Crippen LogP contribution in [0.25, 0.3) is 0 Å². The summed E-state index contributed by atoms with van der Waals surface area (Å²) >= 11 is 0. The molecule has 0 spiro atoms. The number of esters is 1. The summed E-state index contributed by atoms with van der Waals surface area (Å²) in [6.45, 7) is 17.7. The minimum Gasteiger partial charge on any atom is -0.490 e. The van der Waals surface area contributed by atoms with Crippen LogP contribution in [0.3, 0.4) is 0 Å². The highest BCUT2D eigenvalue weighted by Crippen LogP contribution is 2.04. The Morgan fingerprint density at radius 3 is 2.46 bits per heavy atom. The van der Waals surface area contributed by atoms with Crippen molar-refractivity contribution in [1.82, 2.24) is 4.57 Å². The zero-order valence-electron chi connectivity index (χ0n) is 14.6. The van der Waals surface area contributed by atoms with Gasteiger partial charge >= 0.3 is 5.97 Å². The Labute approximate surface area is 143 Å². The van der Waals surface area contributed by atoms with Crippen molar-refractivity contribution < 1.29 is 23.6 Å². The molecule has 0 saturated heterocycles. The molecule has 0 N–H and O–H groups in total. The predicted octanol–water partition coefficient (Wildman–Crippen LogP) is 2.02. The number of carbonyl (C=O) groups excluding carboxylic acids is 1. The van der Waals surface area contributed by atoms with Gasteiger partial charge in [0.05, 0.1) is 13.2 Å². The van der Waals surface area contributed by atoms with Gasteiger partial charge in [-0.1, -0.05) is 19.7 Å². The third-order valence-corrected chi connectivity index (χ3v) is 3.15. The minimum absolute atomic E-state index is 0.237. The molecule has 0 aromatic carbocycles. The van der Waals surface area contributed by atoms with Crippen LogP contribution in [0.4, 0.5) is 0 Å². The van der Waals surface area contributed by atoms with Gasteiger partial charge in [0.2, 0.25) is 6.33 Å². The Bertz CT molecular complexity index is 590. The van der Waals surface area contributed by atoms with Gasteiger partial charge in [0, 0.05) is 5.57 Å². The molecule has 0 bridgehead atoms. The van der Waals surface area contributed by atoms with E-state index >= 15 is 0 Å². The van der Waals surface area contributed by atoms with Crippen LogP contribution in [0.5, 0.6) is 0 Å². The first-order valence-corrected chi connectivity index (χ1v) is 7.83. The first-order chi connectivity index (χ1) is 11.4. The van der Waals surface area contributed by atoms with Crippen LogP contribution in [0.2, 0.25) is 0 Å².